The highest BCUT2D eigenvalue weighted by molar-refractivity contribution is 7.12. The molecule has 3 rings (SSSR count). The molecule has 6 heteroatoms. The predicted molar refractivity (Wildman–Crippen MR) is 86.6 cm³/mol. The minimum Gasteiger partial charge on any atom is -0.465 e. The van der Waals surface area contributed by atoms with Crippen molar-refractivity contribution >= 4 is 40.5 Å². The number of rotatable bonds is 4. The molecule has 2 atom stereocenters. The fourth-order valence-electron chi connectivity index (χ4n) is 2.49. The molecule has 1 aromatic heterocycles. The number of benzene rings is 1. The van der Waals surface area contributed by atoms with Crippen molar-refractivity contribution in [3.63, 3.8) is 0 Å². The quantitative estimate of drug-likeness (QED) is 0.861. The lowest BCUT2D eigenvalue weighted by atomic mass is 10.1. The van der Waals surface area contributed by atoms with Crippen molar-refractivity contribution in [1.82, 2.24) is 0 Å². The fraction of sp³-hybridized carbons (Fsp3) is 0.250. The van der Waals surface area contributed by atoms with Gasteiger partial charge in [-0.05, 0) is 35.4 Å². The molecule has 1 aromatic carbocycles. The van der Waals surface area contributed by atoms with E-state index in [1.807, 2.05) is 24.3 Å². The third kappa shape index (κ3) is 2.87. The molecular formula is C16H14ClNO3S. The normalized spacial score (nSPS) is 19.5. The number of amides is 1. The Labute approximate surface area is 137 Å². The molecule has 1 aliphatic rings. The number of halogens is 1. The zero-order valence-electron chi connectivity index (χ0n) is 11.8. The number of methoxy groups -OCH3 is 1. The van der Waals surface area contributed by atoms with Crippen LogP contribution in [0.25, 0.3) is 0 Å². The number of carbonyl (C=O) groups is 2. The molecule has 0 aliphatic heterocycles. The third-order valence-corrected chi connectivity index (χ3v) is 4.96. The van der Waals surface area contributed by atoms with Crippen LogP contribution in [0, 0.1) is 5.92 Å². The van der Waals surface area contributed by atoms with Crippen LogP contribution in [0.1, 0.15) is 27.6 Å². The molecule has 0 spiro atoms. The molecule has 22 heavy (non-hydrogen) atoms. The maximum absolute atomic E-state index is 12.3. The van der Waals surface area contributed by atoms with Gasteiger partial charge in [0, 0.05) is 10.9 Å². The molecule has 2 unspecified atom stereocenters. The molecule has 0 radical (unpaired) electrons. The van der Waals surface area contributed by atoms with Crippen LogP contribution in [0.5, 0.6) is 0 Å². The topological polar surface area (TPSA) is 55.4 Å². The molecule has 1 aliphatic carbocycles. The summed E-state index contributed by atoms with van der Waals surface area (Å²) in [7, 11) is 1.32. The number of ether oxygens (including phenoxy) is 1. The molecule has 4 nitrogen and oxygen atoms in total. The van der Waals surface area contributed by atoms with Gasteiger partial charge in [0.2, 0.25) is 5.91 Å². The van der Waals surface area contributed by atoms with Crippen molar-refractivity contribution in [2.75, 3.05) is 12.4 Å². The van der Waals surface area contributed by atoms with Gasteiger partial charge in [-0.1, -0.05) is 29.8 Å². The van der Waals surface area contributed by atoms with E-state index in [4.69, 9.17) is 16.3 Å². The Kier molecular flexibility index (Phi) is 4.18. The van der Waals surface area contributed by atoms with Gasteiger partial charge in [0.1, 0.15) is 4.88 Å². The summed E-state index contributed by atoms with van der Waals surface area (Å²) in [5.41, 5.74) is 1.51. The largest absolute Gasteiger partial charge is 0.465 e. The Morgan fingerprint density at radius 1 is 1.32 bits per heavy atom. The van der Waals surface area contributed by atoms with Crippen LogP contribution in [0.4, 0.5) is 5.69 Å². The van der Waals surface area contributed by atoms with E-state index in [1.54, 1.807) is 11.4 Å². The van der Waals surface area contributed by atoms with Crippen molar-refractivity contribution in [3.8, 4) is 0 Å². The van der Waals surface area contributed by atoms with E-state index in [-0.39, 0.29) is 17.7 Å². The number of nitrogens with one attached hydrogen (secondary N) is 1. The summed E-state index contributed by atoms with van der Waals surface area (Å²) in [6.07, 6.45) is 0.771. The summed E-state index contributed by atoms with van der Waals surface area (Å²) in [6, 6.07) is 9.28. The van der Waals surface area contributed by atoms with Crippen LogP contribution in [0.15, 0.2) is 35.7 Å². The first-order chi connectivity index (χ1) is 10.6. The van der Waals surface area contributed by atoms with E-state index in [0.717, 1.165) is 12.0 Å². The molecule has 114 valence electrons. The number of anilines is 1. The first kappa shape index (κ1) is 15.1. The second-order valence-electron chi connectivity index (χ2n) is 5.11. The number of carbonyl (C=O) groups excluding carboxylic acids is 2. The molecule has 1 saturated carbocycles. The maximum Gasteiger partial charge on any atom is 0.350 e. The monoisotopic (exact) mass is 335 g/mol. The average molecular weight is 336 g/mol. The Morgan fingerprint density at radius 3 is 2.82 bits per heavy atom. The van der Waals surface area contributed by atoms with E-state index in [0.29, 0.717) is 15.6 Å². The van der Waals surface area contributed by atoms with Gasteiger partial charge in [-0.25, -0.2) is 4.79 Å². The van der Waals surface area contributed by atoms with Crippen LogP contribution < -0.4 is 5.32 Å². The molecule has 1 N–H and O–H groups in total. The molecule has 0 saturated heterocycles. The highest BCUT2D eigenvalue weighted by atomic mass is 35.5. The third-order valence-electron chi connectivity index (χ3n) is 3.73. The Hall–Kier alpha value is -1.85. The van der Waals surface area contributed by atoms with Crippen molar-refractivity contribution in [2.24, 2.45) is 5.92 Å². The summed E-state index contributed by atoms with van der Waals surface area (Å²) in [5, 5.41) is 5.25. The number of thiophene rings is 1. The highest BCUT2D eigenvalue weighted by Gasteiger charge is 2.45. The molecule has 2 aromatic rings. The summed E-state index contributed by atoms with van der Waals surface area (Å²) >= 11 is 7.41. The Morgan fingerprint density at radius 2 is 2.09 bits per heavy atom. The minimum absolute atomic E-state index is 0.0894. The van der Waals surface area contributed by atoms with Gasteiger partial charge in [0.15, 0.2) is 0 Å². The summed E-state index contributed by atoms with van der Waals surface area (Å²) in [4.78, 5) is 24.3. The van der Waals surface area contributed by atoms with Crippen molar-refractivity contribution in [2.45, 2.75) is 12.3 Å². The molecule has 1 fully saturated rings. The van der Waals surface area contributed by atoms with Crippen LogP contribution in [0.2, 0.25) is 5.02 Å². The molecule has 1 heterocycles. The van der Waals surface area contributed by atoms with E-state index >= 15 is 0 Å². The molecule has 1 amide bonds. The summed E-state index contributed by atoms with van der Waals surface area (Å²) < 4.78 is 4.70. The summed E-state index contributed by atoms with van der Waals surface area (Å²) in [5.74, 6) is -0.489. The van der Waals surface area contributed by atoms with Crippen molar-refractivity contribution in [3.05, 3.63) is 51.2 Å². The van der Waals surface area contributed by atoms with Crippen LogP contribution in [-0.2, 0) is 9.53 Å². The zero-order valence-corrected chi connectivity index (χ0v) is 13.4. The fourth-order valence-corrected chi connectivity index (χ4v) is 3.53. The van der Waals surface area contributed by atoms with E-state index in [2.05, 4.69) is 5.32 Å². The van der Waals surface area contributed by atoms with E-state index in [9.17, 15) is 9.59 Å². The Bertz CT molecular complexity index is 728. The van der Waals surface area contributed by atoms with Crippen LogP contribution >= 0.6 is 22.9 Å². The summed E-state index contributed by atoms with van der Waals surface area (Å²) in [6.45, 7) is 0. The average Bonchev–Trinajstić information content (AvgIpc) is 3.19. The number of esters is 1. The van der Waals surface area contributed by atoms with E-state index in [1.165, 1.54) is 18.4 Å². The number of hydrogen-bond donors (Lipinski definition) is 1. The first-order valence-electron chi connectivity index (χ1n) is 6.83. The van der Waals surface area contributed by atoms with Gasteiger partial charge in [-0.15, -0.1) is 11.3 Å². The van der Waals surface area contributed by atoms with Crippen LogP contribution in [-0.4, -0.2) is 19.0 Å². The maximum atomic E-state index is 12.3. The lowest BCUT2D eigenvalue weighted by Gasteiger charge is -2.06. The van der Waals surface area contributed by atoms with Crippen molar-refractivity contribution in [1.29, 1.82) is 0 Å². The minimum atomic E-state index is -0.441. The van der Waals surface area contributed by atoms with Crippen LogP contribution in [0.3, 0.4) is 0 Å². The van der Waals surface area contributed by atoms with E-state index < -0.39 is 5.97 Å². The lowest BCUT2D eigenvalue weighted by Crippen LogP contribution is -2.16. The van der Waals surface area contributed by atoms with Gasteiger partial charge in [0.05, 0.1) is 12.8 Å². The second kappa shape index (κ2) is 6.10. The molecular weight excluding hydrogens is 322 g/mol. The smallest absolute Gasteiger partial charge is 0.350 e. The van der Waals surface area contributed by atoms with Gasteiger partial charge in [-0.2, -0.15) is 0 Å². The second-order valence-corrected chi connectivity index (χ2v) is 6.44. The SMILES string of the molecule is COC(=O)c1sccc1NC(=O)C1CC1c1ccccc1Cl. The predicted octanol–water partition coefficient (Wildman–Crippen LogP) is 3.93. The van der Waals surface area contributed by atoms with Gasteiger partial charge in [-0.3, -0.25) is 4.79 Å². The standard InChI is InChI=1S/C16H14ClNO3S/c1-21-16(20)14-13(6-7-22-14)18-15(19)11-8-10(11)9-4-2-3-5-12(9)17/h2-7,10-11H,8H2,1H3,(H,18,19). The van der Waals surface area contributed by atoms with Gasteiger partial charge in [0.25, 0.3) is 0 Å². The first-order valence-corrected chi connectivity index (χ1v) is 8.08. The van der Waals surface area contributed by atoms with Gasteiger partial charge < -0.3 is 10.1 Å². The van der Waals surface area contributed by atoms with Gasteiger partial charge >= 0.3 is 5.97 Å². The Balaban J connectivity index is 1.69. The highest BCUT2D eigenvalue weighted by Crippen LogP contribution is 2.50. The van der Waals surface area contributed by atoms with Crippen molar-refractivity contribution < 1.29 is 14.3 Å². The number of hydrogen-bond acceptors (Lipinski definition) is 4. The lowest BCUT2D eigenvalue weighted by molar-refractivity contribution is -0.117. The zero-order chi connectivity index (χ0) is 15.7. The molecule has 0 bridgehead atoms.